The summed E-state index contributed by atoms with van der Waals surface area (Å²) in [4.78, 5) is 24.2. The Bertz CT molecular complexity index is 513. The van der Waals surface area contributed by atoms with Gasteiger partial charge < -0.3 is 14.7 Å². The van der Waals surface area contributed by atoms with Crippen LogP contribution in [0.2, 0.25) is 0 Å². The van der Waals surface area contributed by atoms with Crippen molar-refractivity contribution in [3.8, 4) is 5.75 Å². The summed E-state index contributed by atoms with van der Waals surface area (Å²) >= 11 is 3.23. The maximum Gasteiger partial charge on any atom is 0.335 e. The topological polar surface area (TPSA) is 66.8 Å². The van der Waals surface area contributed by atoms with E-state index >= 15 is 0 Å². The van der Waals surface area contributed by atoms with Gasteiger partial charge in [0.05, 0.1) is 10.0 Å². The van der Waals surface area contributed by atoms with E-state index in [2.05, 4.69) is 15.9 Å². The predicted octanol–water partition coefficient (Wildman–Crippen LogP) is 2.15. The van der Waals surface area contributed by atoms with Crippen LogP contribution in [0.25, 0.3) is 0 Å². The summed E-state index contributed by atoms with van der Waals surface area (Å²) < 4.78 is 5.92. The quantitative estimate of drug-likeness (QED) is 0.899. The van der Waals surface area contributed by atoms with Crippen molar-refractivity contribution in [1.82, 2.24) is 4.90 Å². The van der Waals surface area contributed by atoms with Crippen LogP contribution in [0, 0.1) is 0 Å². The third-order valence-electron chi connectivity index (χ3n) is 3.02. The number of nitrogens with zero attached hydrogens (tertiary/aromatic N) is 1. The van der Waals surface area contributed by atoms with Crippen LogP contribution in [0.3, 0.4) is 0 Å². The molecule has 0 unspecified atom stereocenters. The van der Waals surface area contributed by atoms with Crippen molar-refractivity contribution < 1.29 is 19.4 Å². The van der Waals surface area contributed by atoms with Crippen LogP contribution in [0.1, 0.15) is 23.2 Å². The zero-order valence-corrected chi connectivity index (χ0v) is 12.0. The van der Waals surface area contributed by atoms with Crippen molar-refractivity contribution in [1.29, 1.82) is 0 Å². The molecule has 0 aliphatic heterocycles. The fourth-order valence-electron chi connectivity index (χ4n) is 1.66. The molecule has 1 saturated carbocycles. The Hall–Kier alpha value is -1.56. The Morgan fingerprint density at radius 3 is 2.68 bits per heavy atom. The Balaban J connectivity index is 1.95. The van der Waals surface area contributed by atoms with E-state index in [9.17, 15) is 9.59 Å². The fourth-order valence-corrected chi connectivity index (χ4v) is 2.15. The molecule has 5 nitrogen and oxygen atoms in total. The predicted molar refractivity (Wildman–Crippen MR) is 72.4 cm³/mol. The molecule has 0 atom stereocenters. The average molecular weight is 328 g/mol. The number of hydrogen-bond acceptors (Lipinski definition) is 3. The molecule has 1 aromatic carbocycles. The Morgan fingerprint density at radius 2 is 2.16 bits per heavy atom. The number of carboxylic acid groups (broad SMARTS) is 1. The summed E-state index contributed by atoms with van der Waals surface area (Å²) in [6.45, 7) is -0.0436. The molecule has 6 heteroatoms. The highest BCUT2D eigenvalue weighted by atomic mass is 79.9. The molecule has 0 spiro atoms. The zero-order valence-electron chi connectivity index (χ0n) is 10.4. The van der Waals surface area contributed by atoms with Gasteiger partial charge in [-0.05, 0) is 47.0 Å². The van der Waals surface area contributed by atoms with Crippen LogP contribution < -0.4 is 4.74 Å². The van der Waals surface area contributed by atoms with Crippen LogP contribution in [0.15, 0.2) is 22.7 Å². The van der Waals surface area contributed by atoms with E-state index in [1.807, 2.05) is 0 Å². The van der Waals surface area contributed by atoms with E-state index in [4.69, 9.17) is 9.84 Å². The van der Waals surface area contributed by atoms with Gasteiger partial charge >= 0.3 is 5.97 Å². The van der Waals surface area contributed by atoms with Crippen molar-refractivity contribution in [3.63, 3.8) is 0 Å². The molecule has 0 aromatic heterocycles. The molecule has 1 fully saturated rings. The first-order valence-corrected chi connectivity index (χ1v) is 6.69. The van der Waals surface area contributed by atoms with Crippen LogP contribution in [-0.4, -0.2) is 41.6 Å². The van der Waals surface area contributed by atoms with Gasteiger partial charge in [-0.1, -0.05) is 0 Å². The molecule has 0 bridgehead atoms. The Labute approximate surface area is 119 Å². The lowest BCUT2D eigenvalue weighted by Crippen LogP contribution is -2.33. The summed E-state index contributed by atoms with van der Waals surface area (Å²) in [5.74, 6) is -0.615. The number of aromatic carboxylic acids is 1. The number of carbonyl (C=O) groups is 2. The SMILES string of the molecule is CN(C(=O)COc1ccc(C(=O)O)cc1Br)C1CC1. The van der Waals surface area contributed by atoms with Crippen molar-refractivity contribution in [2.75, 3.05) is 13.7 Å². The molecule has 102 valence electrons. The lowest BCUT2D eigenvalue weighted by atomic mass is 10.2. The number of carboxylic acids is 1. The second kappa shape index (κ2) is 5.61. The van der Waals surface area contributed by atoms with Gasteiger partial charge in [0.1, 0.15) is 5.75 Å². The van der Waals surface area contributed by atoms with Crippen molar-refractivity contribution in [2.45, 2.75) is 18.9 Å². The first-order valence-electron chi connectivity index (χ1n) is 5.90. The van der Waals surface area contributed by atoms with E-state index in [0.717, 1.165) is 12.8 Å². The maximum atomic E-state index is 11.8. The van der Waals surface area contributed by atoms with Crippen LogP contribution in [0.4, 0.5) is 0 Å². The van der Waals surface area contributed by atoms with E-state index < -0.39 is 5.97 Å². The van der Waals surface area contributed by atoms with E-state index in [-0.39, 0.29) is 18.1 Å². The highest BCUT2D eigenvalue weighted by molar-refractivity contribution is 9.10. The second-order valence-corrected chi connectivity index (χ2v) is 5.33. The van der Waals surface area contributed by atoms with E-state index in [0.29, 0.717) is 16.3 Å². The number of hydrogen-bond donors (Lipinski definition) is 1. The number of halogens is 1. The lowest BCUT2D eigenvalue weighted by Gasteiger charge is -2.16. The van der Waals surface area contributed by atoms with Gasteiger partial charge in [-0.15, -0.1) is 0 Å². The molecule has 1 N–H and O–H groups in total. The number of carbonyl (C=O) groups excluding carboxylic acids is 1. The molecule has 1 amide bonds. The number of amides is 1. The summed E-state index contributed by atoms with van der Waals surface area (Å²) in [6.07, 6.45) is 2.11. The van der Waals surface area contributed by atoms with Gasteiger partial charge in [-0.3, -0.25) is 4.79 Å². The molecular formula is C13H14BrNO4. The standard InChI is InChI=1S/C13H14BrNO4/c1-15(9-3-4-9)12(16)7-19-11-5-2-8(13(17)18)6-10(11)14/h2,5-6,9H,3-4,7H2,1H3,(H,17,18). The van der Waals surface area contributed by atoms with E-state index in [1.165, 1.54) is 18.2 Å². The molecule has 1 aromatic rings. The molecule has 0 radical (unpaired) electrons. The minimum atomic E-state index is -1.00. The molecular weight excluding hydrogens is 314 g/mol. The monoisotopic (exact) mass is 327 g/mol. The van der Waals surface area contributed by atoms with Gasteiger partial charge in [0, 0.05) is 13.1 Å². The minimum Gasteiger partial charge on any atom is -0.483 e. The molecule has 0 saturated heterocycles. The van der Waals surface area contributed by atoms with E-state index in [1.54, 1.807) is 11.9 Å². The normalized spacial score (nSPS) is 14.0. The Kier molecular flexibility index (Phi) is 4.09. The van der Waals surface area contributed by atoms with Gasteiger partial charge in [-0.2, -0.15) is 0 Å². The number of ether oxygens (including phenoxy) is 1. The first-order chi connectivity index (χ1) is 8.99. The number of benzene rings is 1. The van der Waals surface area contributed by atoms with Gasteiger partial charge in [0.15, 0.2) is 6.61 Å². The third-order valence-corrected chi connectivity index (χ3v) is 3.64. The summed E-state index contributed by atoms with van der Waals surface area (Å²) in [6, 6.07) is 4.79. The second-order valence-electron chi connectivity index (χ2n) is 4.47. The lowest BCUT2D eigenvalue weighted by molar-refractivity contribution is -0.132. The maximum absolute atomic E-state index is 11.8. The van der Waals surface area contributed by atoms with Crippen LogP contribution in [-0.2, 0) is 4.79 Å². The van der Waals surface area contributed by atoms with Gasteiger partial charge in [0.25, 0.3) is 5.91 Å². The van der Waals surface area contributed by atoms with Crippen molar-refractivity contribution in [2.24, 2.45) is 0 Å². The average Bonchev–Trinajstić information content (AvgIpc) is 3.20. The summed E-state index contributed by atoms with van der Waals surface area (Å²) in [5.41, 5.74) is 0.167. The first kappa shape index (κ1) is 13.9. The molecule has 1 aliphatic carbocycles. The van der Waals surface area contributed by atoms with Crippen LogP contribution in [0.5, 0.6) is 5.75 Å². The Morgan fingerprint density at radius 1 is 1.47 bits per heavy atom. The molecule has 2 rings (SSSR count). The molecule has 1 aliphatic rings. The smallest absolute Gasteiger partial charge is 0.335 e. The highest BCUT2D eigenvalue weighted by Crippen LogP contribution is 2.27. The fraction of sp³-hybridized carbons (Fsp3) is 0.385. The molecule has 0 heterocycles. The van der Waals surface area contributed by atoms with Crippen molar-refractivity contribution in [3.05, 3.63) is 28.2 Å². The molecule has 19 heavy (non-hydrogen) atoms. The van der Waals surface area contributed by atoms with Crippen molar-refractivity contribution >= 4 is 27.8 Å². The van der Waals surface area contributed by atoms with Crippen LogP contribution >= 0.6 is 15.9 Å². The summed E-state index contributed by atoms with van der Waals surface area (Å²) in [5, 5.41) is 8.84. The number of likely N-dealkylation sites (N-methyl/N-ethyl adjacent to an activating group) is 1. The largest absolute Gasteiger partial charge is 0.483 e. The summed E-state index contributed by atoms with van der Waals surface area (Å²) in [7, 11) is 1.77. The zero-order chi connectivity index (χ0) is 14.0. The third kappa shape index (κ3) is 3.47. The minimum absolute atomic E-state index is 0.0436. The highest BCUT2D eigenvalue weighted by Gasteiger charge is 2.29. The van der Waals surface area contributed by atoms with Gasteiger partial charge in [-0.25, -0.2) is 4.79 Å². The van der Waals surface area contributed by atoms with Gasteiger partial charge in [0.2, 0.25) is 0 Å². The number of rotatable bonds is 5.